The number of hydrogen-bond acceptors (Lipinski definition) is 6. The second kappa shape index (κ2) is 8.18. The molecule has 8 heteroatoms. The first-order valence-corrected chi connectivity index (χ1v) is 7.72. The van der Waals surface area contributed by atoms with Crippen LogP contribution in [0.25, 0.3) is 6.08 Å². The van der Waals surface area contributed by atoms with Gasteiger partial charge in [-0.25, -0.2) is 9.59 Å². The molecule has 1 heterocycles. The number of urea groups is 1. The van der Waals surface area contributed by atoms with Crippen LogP contribution >= 0.6 is 0 Å². The normalized spacial score (nSPS) is 15.3. The molecular formula is C17H20N2O6. The minimum Gasteiger partial charge on any atom is -0.493 e. The summed E-state index contributed by atoms with van der Waals surface area (Å²) in [6.07, 6.45) is 2.25. The molecule has 0 bridgehead atoms. The molecule has 1 N–H and O–H groups in total. The van der Waals surface area contributed by atoms with Gasteiger partial charge in [-0.05, 0) is 30.2 Å². The van der Waals surface area contributed by atoms with Crippen molar-refractivity contribution in [2.24, 2.45) is 0 Å². The lowest BCUT2D eigenvalue weighted by molar-refractivity contribution is -0.142. The lowest BCUT2D eigenvalue weighted by Crippen LogP contribution is -2.31. The van der Waals surface area contributed by atoms with E-state index in [9.17, 15) is 14.4 Å². The third kappa shape index (κ3) is 4.28. The fraction of sp³-hybridized carbons (Fsp3) is 0.353. The Balaban J connectivity index is 2.19. The smallest absolute Gasteiger partial charge is 0.343 e. The summed E-state index contributed by atoms with van der Waals surface area (Å²) in [5.74, 6) is -0.120. The number of hydrogen-bond donors (Lipinski definition) is 1. The Labute approximate surface area is 145 Å². The molecule has 2 rings (SSSR count). The molecule has 0 aliphatic carbocycles. The fourth-order valence-electron chi connectivity index (χ4n) is 2.25. The van der Waals surface area contributed by atoms with Crippen molar-refractivity contribution in [3.8, 4) is 11.5 Å². The topological polar surface area (TPSA) is 94.2 Å². The molecule has 0 saturated carbocycles. The van der Waals surface area contributed by atoms with Gasteiger partial charge in [-0.1, -0.05) is 13.0 Å². The molecule has 1 aliphatic heterocycles. The summed E-state index contributed by atoms with van der Waals surface area (Å²) >= 11 is 0. The van der Waals surface area contributed by atoms with Crippen LogP contribution in [0, 0.1) is 0 Å². The van der Waals surface area contributed by atoms with Crippen molar-refractivity contribution in [2.45, 2.75) is 13.3 Å². The minimum atomic E-state index is -0.511. The van der Waals surface area contributed by atoms with Gasteiger partial charge in [0, 0.05) is 6.54 Å². The highest BCUT2D eigenvalue weighted by Gasteiger charge is 2.32. The number of nitrogens with zero attached hydrogens (tertiary/aromatic N) is 1. The lowest BCUT2D eigenvalue weighted by Gasteiger charge is -2.10. The van der Waals surface area contributed by atoms with Gasteiger partial charge in [0.2, 0.25) is 0 Å². The summed E-state index contributed by atoms with van der Waals surface area (Å²) in [4.78, 5) is 36.3. The molecule has 0 aromatic heterocycles. The van der Waals surface area contributed by atoms with E-state index >= 15 is 0 Å². The van der Waals surface area contributed by atoms with Crippen LogP contribution in [0.15, 0.2) is 23.9 Å². The van der Waals surface area contributed by atoms with Crippen molar-refractivity contribution in [1.82, 2.24) is 10.2 Å². The number of imide groups is 1. The fourth-order valence-corrected chi connectivity index (χ4v) is 2.25. The average Bonchev–Trinajstić information content (AvgIpc) is 2.87. The van der Waals surface area contributed by atoms with Gasteiger partial charge in [0.25, 0.3) is 5.91 Å². The summed E-state index contributed by atoms with van der Waals surface area (Å²) < 4.78 is 15.1. The van der Waals surface area contributed by atoms with Crippen LogP contribution in [0.2, 0.25) is 0 Å². The Bertz CT molecular complexity index is 713. The van der Waals surface area contributed by atoms with Crippen LogP contribution in [0.5, 0.6) is 11.5 Å². The maximum atomic E-state index is 12.2. The Kier molecular flexibility index (Phi) is 5.99. The van der Waals surface area contributed by atoms with Crippen LogP contribution in [0.4, 0.5) is 4.79 Å². The molecule has 0 radical (unpaired) electrons. The Morgan fingerprint density at radius 2 is 2.00 bits per heavy atom. The highest BCUT2D eigenvalue weighted by Crippen LogP contribution is 2.29. The van der Waals surface area contributed by atoms with Crippen LogP contribution in [0.1, 0.15) is 18.9 Å². The van der Waals surface area contributed by atoms with E-state index in [1.165, 1.54) is 14.2 Å². The van der Waals surface area contributed by atoms with Crippen molar-refractivity contribution in [3.05, 3.63) is 29.5 Å². The number of benzene rings is 1. The maximum absolute atomic E-state index is 12.2. The Morgan fingerprint density at radius 1 is 1.24 bits per heavy atom. The van der Waals surface area contributed by atoms with Crippen LogP contribution in [-0.2, 0) is 14.3 Å². The number of esters is 1. The first-order chi connectivity index (χ1) is 12.0. The third-order valence-electron chi connectivity index (χ3n) is 3.48. The van der Waals surface area contributed by atoms with E-state index in [4.69, 9.17) is 9.47 Å². The van der Waals surface area contributed by atoms with E-state index in [2.05, 4.69) is 10.1 Å². The number of ether oxygens (including phenoxy) is 3. The first-order valence-electron chi connectivity index (χ1n) is 7.72. The predicted molar refractivity (Wildman–Crippen MR) is 89.0 cm³/mol. The SMILES string of the molecule is CCCN1C(=O)N/C(=C/c2ccc(OCC(=O)OC)c(OC)c2)C1=O. The van der Waals surface area contributed by atoms with Crippen LogP contribution in [0.3, 0.4) is 0 Å². The summed E-state index contributed by atoms with van der Waals surface area (Å²) in [6, 6.07) is 4.51. The largest absolute Gasteiger partial charge is 0.493 e. The van der Waals surface area contributed by atoms with E-state index in [1.54, 1.807) is 24.3 Å². The zero-order valence-corrected chi connectivity index (χ0v) is 14.3. The molecule has 0 spiro atoms. The average molecular weight is 348 g/mol. The second-order valence-electron chi connectivity index (χ2n) is 5.22. The van der Waals surface area contributed by atoms with Gasteiger partial charge in [-0.15, -0.1) is 0 Å². The second-order valence-corrected chi connectivity index (χ2v) is 5.22. The molecule has 0 unspecified atom stereocenters. The number of nitrogens with one attached hydrogen (secondary N) is 1. The van der Waals surface area contributed by atoms with E-state index in [0.29, 0.717) is 30.0 Å². The van der Waals surface area contributed by atoms with Crippen molar-refractivity contribution in [1.29, 1.82) is 0 Å². The van der Waals surface area contributed by atoms with Crippen LogP contribution < -0.4 is 14.8 Å². The molecule has 1 aromatic carbocycles. The van der Waals surface area contributed by atoms with Crippen molar-refractivity contribution < 1.29 is 28.6 Å². The molecule has 25 heavy (non-hydrogen) atoms. The molecule has 134 valence electrons. The number of carbonyl (C=O) groups is 3. The number of carbonyl (C=O) groups excluding carboxylic acids is 3. The summed E-state index contributed by atoms with van der Waals surface area (Å²) in [6.45, 7) is 2.01. The minimum absolute atomic E-state index is 0.198. The molecule has 0 atom stereocenters. The molecule has 1 aliphatic rings. The van der Waals surface area contributed by atoms with E-state index in [0.717, 1.165) is 4.90 Å². The zero-order chi connectivity index (χ0) is 18.4. The van der Waals surface area contributed by atoms with Gasteiger partial charge in [0.05, 0.1) is 14.2 Å². The summed E-state index contributed by atoms with van der Waals surface area (Å²) in [5, 5.41) is 2.55. The zero-order valence-electron chi connectivity index (χ0n) is 14.3. The standard InChI is InChI=1S/C17H20N2O6/c1-4-7-19-16(21)12(18-17(19)22)8-11-5-6-13(14(9-11)23-2)25-10-15(20)24-3/h5-6,8-9H,4,7,10H2,1-3H3,(H,18,22)/b12-8+. The highest BCUT2D eigenvalue weighted by atomic mass is 16.6. The number of methoxy groups -OCH3 is 2. The van der Waals surface area contributed by atoms with Gasteiger partial charge in [0.15, 0.2) is 18.1 Å². The molecule has 8 nitrogen and oxygen atoms in total. The summed E-state index contributed by atoms with van der Waals surface area (Å²) in [5.41, 5.74) is 0.841. The number of rotatable bonds is 7. The molecule has 3 amide bonds. The molecule has 1 saturated heterocycles. The quantitative estimate of drug-likeness (QED) is 0.456. The van der Waals surface area contributed by atoms with E-state index in [-0.39, 0.29) is 18.2 Å². The molecule has 1 fully saturated rings. The van der Waals surface area contributed by atoms with Gasteiger partial charge in [0.1, 0.15) is 5.70 Å². The van der Waals surface area contributed by atoms with Gasteiger partial charge in [-0.3, -0.25) is 9.69 Å². The van der Waals surface area contributed by atoms with Gasteiger partial charge < -0.3 is 19.5 Å². The molecular weight excluding hydrogens is 328 g/mol. The Hall–Kier alpha value is -3.03. The van der Waals surface area contributed by atoms with Crippen LogP contribution in [-0.4, -0.2) is 50.2 Å². The Morgan fingerprint density at radius 3 is 2.64 bits per heavy atom. The lowest BCUT2D eigenvalue weighted by atomic mass is 10.1. The monoisotopic (exact) mass is 348 g/mol. The van der Waals surface area contributed by atoms with Gasteiger partial charge >= 0.3 is 12.0 Å². The first kappa shape index (κ1) is 18.3. The molecule has 1 aromatic rings. The summed E-state index contributed by atoms with van der Waals surface area (Å²) in [7, 11) is 2.73. The number of amides is 3. The predicted octanol–water partition coefficient (Wildman–Crippen LogP) is 1.55. The van der Waals surface area contributed by atoms with Crippen molar-refractivity contribution >= 4 is 24.0 Å². The highest BCUT2D eigenvalue weighted by molar-refractivity contribution is 6.13. The van der Waals surface area contributed by atoms with Gasteiger partial charge in [-0.2, -0.15) is 0 Å². The van der Waals surface area contributed by atoms with Crippen molar-refractivity contribution in [2.75, 3.05) is 27.4 Å². The maximum Gasteiger partial charge on any atom is 0.343 e. The van der Waals surface area contributed by atoms with Crippen molar-refractivity contribution in [3.63, 3.8) is 0 Å². The third-order valence-corrected chi connectivity index (χ3v) is 3.48. The van der Waals surface area contributed by atoms with E-state index in [1.807, 2.05) is 6.92 Å². The van der Waals surface area contributed by atoms with E-state index < -0.39 is 12.0 Å².